The van der Waals surface area contributed by atoms with Crippen LogP contribution in [0, 0.1) is 0 Å². The Morgan fingerprint density at radius 1 is 1.19 bits per heavy atom. The van der Waals surface area contributed by atoms with Crippen LogP contribution >= 0.6 is 0 Å². The number of methoxy groups -OCH3 is 1. The maximum atomic E-state index is 12.8. The molecular formula is C21H28N4O6. The van der Waals surface area contributed by atoms with Crippen LogP contribution in [0.2, 0.25) is 0 Å². The summed E-state index contributed by atoms with van der Waals surface area (Å²) < 4.78 is 11.2. The quantitative estimate of drug-likeness (QED) is 0.503. The number of rotatable bonds is 11. The van der Waals surface area contributed by atoms with Crippen molar-refractivity contribution in [1.82, 2.24) is 9.55 Å². The molecule has 0 aliphatic rings. The SMILES string of the molecule is CCCCC(=O)OCC(=O)N(CCOC)c1c(N)n(Cc2ccccc2)c(=O)[nH]c1=O. The van der Waals surface area contributed by atoms with Gasteiger partial charge in [-0.15, -0.1) is 0 Å². The van der Waals surface area contributed by atoms with Crippen LogP contribution in [-0.2, 0) is 25.6 Å². The summed E-state index contributed by atoms with van der Waals surface area (Å²) in [6.45, 7) is 1.58. The number of H-pyrrole nitrogens is 1. The lowest BCUT2D eigenvalue weighted by Crippen LogP contribution is -2.44. The minimum atomic E-state index is -0.812. The number of nitrogens with one attached hydrogen (secondary N) is 1. The first-order chi connectivity index (χ1) is 14.9. The fraction of sp³-hybridized carbons (Fsp3) is 0.429. The van der Waals surface area contributed by atoms with Crippen LogP contribution in [0.25, 0.3) is 0 Å². The number of nitrogens with zero attached hydrogens (tertiary/aromatic N) is 2. The molecule has 0 aliphatic heterocycles. The first kappa shape index (κ1) is 23.9. The molecule has 0 saturated heterocycles. The molecule has 1 aromatic carbocycles. The number of ether oxygens (including phenoxy) is 2. The van der Waals surface area contributed by atoms with Gasteiger partial charge in [-0.1, -0.05) is 43.7 Å². The van der Waals surface area contributed by atoms with E-state index in [1.807, 2.05) is 25.1 Å². The Balaban J connectivity index is 2.35. The molecule has 1 heterocycles. The number of carbonyl (C=O) groups excluding carboxylic acids is 2. The molecule has 2 rings (SSSR count). The number of anilines is 2. The molecule has 31 heavy (non-hydrogen) atoms. The number of carbonyl (C=O) groups is 2. The van der Waals surface area contributed by atoms with Gasteiger partial charge in [0, 0.05) is 20.1 Å². The van der Waals surface area contributed by atoms with Gasteiger partial charge in [-0.3, -0.25) is 28.8 Å². The number of esters is 1. The van der Waals surface area contributed by atoms with E-state index in [0.29, 0.717) is 6.42 Å². The molecule has 168 valence electrons. The lowest BCUT2D eigenvalue weighted by Gasteiger charge is -2.24. The summed E-state index contributed by atoms with van der Waals surface area (Å²) in [5.74, 6) is -1.32. The number of benzene rings is 1. The van der Waals surface area contributed by atoms with Gasteiger partial charge in [-0.25, -0.2) is 4.79 Å². The highest BCUT2D eigenvalue weighted by atomic mass is 16.5. The molecule has 0 saturated carbocycles. The van der Waals surface area contributed by atoms with Gasteiger partial charge in [0.15, 0.2) is 12.3 Å². The number of aromatic amines is 1. The van der Waals surface area contributed by atoms with E-state index in [4.69, 9.17) is 15.2 Å². The Morgan fingerprint density at radius 3 is 2.55 bits per heavy atom. The van der Waals surface area contributed by atoms with E-state index in [2.05, 4.69) is 4.98 Å². The summed E-state index contributed by atoms with van der Waals surface area (Å²) in [6.07, 6.45) is 1.67. The first-order valence-electron chi connectivity index (χ1n) is 10.0. The van der Waals surface area contributed by atoms with Gasteiger partial charge in [0.1, 0.15) is 5.82 Å². The van der Waals surface area contributed by atoms with Crippen LogP contribution in [0.1, 0.15) is 31.7 Å². The number of hydrogen-bond donors (Lipinski definition) is 2. The molecule has 0 atom stereocenters. The molecule has 10 heteroatoms. The second-order valence-corrected chi connectivity index (χ2v) is 6.87. The summed E-state index contributed by atoms with van der Waals surface area (Å²) in [5, 5.41) is 0. The lowest BCUT2D eigenvalue weighted by molar-refractivity contribution is -0.148. The summed E-state index contributed by atoms with van der Waals surface area (Å²) in [4.78, 5) is 52.8. The van der Waals surface area contributed by atoms with E-state index >= 15 is 0 Å². The zero-order chi connectivity index (χ0) is 22.8. The first-order valence-corrected chi connectivity index (χ1v) is 10.0. The molecule has 0 radical (unpaired) electrons. The maximum Gasteiger partial charge on any atom is 0.330 e. The summed E-state index contributed by atoms with van der Waals surface area (Å²) in [5.41, 5.74) is 5.25. The van der Waals surface area contributed by atoms with Gasteiger partial charge < -0.3 is 15.2 Å². The lowest BCUT2D eigenvalue weighted by atomic mass is 10.2. The average molecular weight is 432 g/mol. The molecule has 0 bridgehead atoms. The van der Waals surface area contributed by atoms with E-state index in [-0.39, 0.29) is 37.6 Å². The van der Waals surface area contributed by atoms with E-state index in [1.165, 1.54) is 11.7 Å². The van der Waals surface area contributed by atoms with Crippen molar-refractivity contribution in [1.29, 1.82) is 0 Å². The minimum absolute atomic E-state index is 0.0152. The van der Waals surface area contributed by atoms with Crippen LogP contribution in [0.15, 0.2) is 39.9 Å². The van der Waals surface area contributed by atoms with Crippen LogP contribution in [0.3, 0.4) is 0 Å². The van der Waals surface area contributed by atoms with E-state index < -0.39 is 29.7 Å². The zero-order valence-electron chi connectivity index (χ0n) is 17.8. The van der Waals surface area contributed by atoms with Crippen molar-refractivity contribution in [2.75, 3.05) is 37.5 Å². The van der Waals surface area contributed by atoms with Gasteiger partial charge in [-0.05, 0) is 12.0 Å². The van der Waals surface area contributed by atoms with Gasteiger partial charge in [0.2, 0.25) is 0 Å². The molecule has 2 aromatic rings. The minimum Gasteiger partial charge on any atom is -0.456 e. The van der Waals surface area contributed by atoms with Gasteiger partial charge in [-0.2, -0.15) is 0 Å². The highest BCUT2D eigenvalue weighted by molar-refractivity contribution is 5.97. The Labute approximate surface area is 179 Å². The largest absolute Gasteiger partial charge is 0.456 e. The second-order valence-electron chi connectivity index (χ2n) is 6.87. The highest BCUT2D eigenvalue weighted by Gasteiger charge is 2.25. The Bertz CT molecular complexity index is 999. The smallest absolute Gasteiger partial charge is 0.330 e. The molecule has 1 amide bonds. The van der Waals surface area contributed by atoms with Crippen LogP contribution in [0.4, 0.5) is 11.5 Å². The van der Waals surface area contributed by atoms with E-state index in [1.54, 1.807) is 12.1 Å². The average Bonchev–Trinajstić information content (AvgIpc) is 2.76. The third-order valence-electron chi connectivity index (χ3n) is 4.58. The Hall–Kier alpha value is -3.40. The van der Waals surface area contributed by atoms with Crippen LogP contribution in [0.5, 0.6) is 0 Å². The molecule has 1 aromatic heterocycles. The van der Waals surface area contributed by atoms with Gasteiger partial charge in [0.25, 0.3) is 11.5 Å². The fourth-order valence-electron chi connectivity index (χ4n) is 2.92. The van der Waals surface area contributed by atoms with Crippen molar-refractivity contribution in [3.63, 3.8) is 0 Å². The van der Waals surface area contributed by atoms with E-state index in [0.717, 1.165) is 16.9 Å². The monoisotopic (exact) mass is 432 g/mol. The van der Waals surface area contributed by atoms with E-state index in [9.17, 15) is 19.2 Å². The molecule has 0 spiro atoms. The standard InChI is InChI=1S/C21H28N4O6/c1-3-4-10-17(27)31-14-16(26)24(11-12-30-2)18-19(22)25(21(29)23-20(18)28)13-15-8-6-5-7-9-15/h5-9H,3-4,10-14,22H2,1-2H3,(H,23,28,29). The van der Waals surface area contributed by atoms with Crippen molar-refractivity contribution in [2.45, 2.75) is 32.7 Å². The van der Waals surface area contributed by atoms with Crippen molar-refractivity contribution in [3.8, 4) is 0 Å². The molecule has 0 aliphatic carbocycles. The number of hydrogen-bond acceptors (Lipinski definition) is 7. The van der Waals surface area contributed by atoms with Crippen molar-refractivity contribution >= 4 is 23.4 Å². The molecule has 3 N–H and O–H groups in total. The zero-order valence-corrected chi connectivity index (χ0v) is 17.8. The van der Waals surface area contributed by atoms with Crippen LogP contribution < -0.4 is 21.9 Å². The molecule has 10 nitrogen and oxygen atoms in total. The van der Waals surface area contributed by atoms with Crippen molar-refractivity contribution in [3.05, 3.63) is 56.7 Å². The molecule has 0 unspecified atom stereocenters. The van der Waals surface area contributed by atoms with Crippen molar-refractivity contribution in [2.24, 2.45) is 0 Å². The number of unbranched alkanes of at least 4 members (excludes halogenated alkanes) is 1. The maximum absolute atomic E-state index is 12.8. The topological polar surface area (TPSA) is 137 Å². The number of nitrogen functional groups attached to an aromatic ring is 1. The number of aromatic nitrogens is 2. The Kier molecular flexibility index (Phi) is 9.01. The Morgan fingerprint density at radius 2 is 1.90 bits per heavy atom. The predicted octanol–water partition coefficient (Wildman–Crippen LogP) is 0.880. The normalized spacial score (nSPS) is 10.6. The third-order valence-corrected chi connectivity index (χ3v) is 4.58. The number of nitrogens with two attached hydrogens (primary N) is 1. The molecule has 0 fully saturated rings. The van der Waals surface area contributed by atoms with Crippen molar-refractivity contribution < 1.29 is 19.1 Å². The van der Waals surface area contributed by atoms with Gasteiger partial charge in [0.05, 0.1) is 13.2 Å². The number of amides is 1. The summed E-state index contributed by atoms with van der Waals surface area (Å²) >= 11 is 0. The fourth-order valence-corrected chi connectivity index (χ4v) is 2.92. The second kappa shape index (κ2) is 11.7. The molecular weight excluding hydrogens is 404 g/mol. The van der Waals surface area contributed by atoms with Gasteiger partial charge >= 0.3 is 11.7 Å². The summed E-state index contributed by atoms with van der Waals surface area (Å²) in [6, 6.07) is 9.07. The highest BCUT2D eigenvalue weighted by Crippen LogP contribution is 2.18. The summed E-state index contributed by atoms with van der Waals surface area (Å²) in [7, 11) is 1.44. The van der Waals surface area contributed by atoms with Crippen LogP contribution in [-0.4, -0.2) is 48.3 Å². The third kappa shape index (κ3) is 6.54. The predicted molar refractivity (Wildman–Crippen MR) is 116 cm³/mol.